The largest absolute Gasteiger partial charge is 0.301 e. The highest BCUT2D eigenvalue weighted by Gasteiger charge is 2.27. The van der Waals surface area contributed by atoms with E-state index in [2.05, 4.69) is 29.1 Å². The van der Waals surface area contributed by atoms with Gasteiger partial charge in [-0.1, -0.05) is 0 Å². The Bertz CT molecular complexity index is 177. The van der Waals surface area contributed by atoms with Gasteiger partial charge >= 0.3 is 0 Å². The molecule has 0 bridgehead atoms. The first-order chi connectivity index (χ1) is 6.77. The molecule has 0 aromatic heterocycles. The Morgan fingerprint density at radius 2 is 1.86 bits per heavy atom. The number of hydrogen-bond donors (Lipinski definition) is 0. The topological polar surface area (TPSA) is 20.6 Å². The lowest BCUT2D eigenvalue weighted by Gasteiger charge is -2.42. The molecule has 0 aromatic rings. The van der Waals surface area contributed by atoms with Crippen molar-refractivity contribution in [2.45, 2.75) is 31.8 Å². The number of nitrogens with zero attached hydrogens (tertiary/aromatic N) is 3. The number of piperidine rings is 1. The van der Waals surface area contributed by atoms with Crippen LogP contribution >= 0.6 is 0 Å². The van der Waals surface area contributed by atoms with Crippen LogP contribution in [0.4, 0.5) is 0 Å². The van der Waals surface area contributed by atoms with Crippen molar-refractivity contribution in [2.75, 3.05) is 39.8 Å². The second kappa shape index (κ2) is 4.60. The van der Waals surface area contributed by atoms with Crippen LogP contribution in [0.1, 0.15) is 19.8 Å². The summed E-state index contributed by atoms with van der Waals surface area (Å²) in [7, 11) is 2.23. The van der Waals surface area contributed by atoms with E-state index in [4.69, 9.17) is 0 Å². The van der Waals surface area contributed by atoms with Gasteiger partial charge in [0, 0.05) is 44.8 Å². The van der Waals surface area contributed by atoms with Gasteiger partial charge in [0.1, 0.15) is 0 Å². The summed E-state index contributed by atoms with van der Waals surface area (Å²) < 4.78 is 0. The SMILES string of the molecule is CC1CN(C2CC[N]CC2)CCN1C. The van der Waals surface area contributed by atoms with Gasteiger partial charge in [-0.15, -0.1) is 0 Å². The van der Waals surface area contributed by atoms with E-state index < -0.39 is 0 Å². The average molecular weight is 196 g/mol. The predicted molar refractivity (Wildman–Crippen MR) is 58.6 cm³/mol. The molecule has 2 heterocycles. The molecular weight excluding hydrogens is 174 g/mol. The monoisotopic (exact) mass is 196 g/mol. The lowest BCUT2D eigenvalue weighted by atomic mass is 10.0. The Kier molecular flexibility index (Phi) is 3.42. The first-order valence-electron chi connectivity index (χ1n) is 5.85. The predicted octanol–water partition coefficient (Wildman–Crippen LogP) is 0.389. The first kappa shape index (κ1) is 10.4. The molecule has 1 atom stereocenters. The molecule has 0 saturated carbocycles. The Morgan fingerprint density at radius 1 is 1.14 bits per heavy atom. The molecule has 0 N–H and O–H groups in total. The Balaban J connectivity index is 1.85. The van der Waals surface area contributed by atoms with Gasteiger partial charge in [0.05, 0.1) is 0 Å². The van der Waals surface area contributed by atoms with Gasteiger partial charge in [0.15, 0.2) is 0 Å². The molecule has 2 aliphatic rings. The Morgan fingerprint density at radius 3 is 2.50 bits per heavy atom. The summed E-state index contributed by atoms with van der Waals surface area (Å²) in [5.41, 5.74) is 0. The van der Waals surface area contributed by atoms with Crippen molar-refractivity contribution in [1.82, 2.24) is 15.1 Å². The average Bonchev–Trinajstić information content (AvgIpc) is 2.23. The molecule has 81 valence electrons. The molecule has 1 unspecified atom stereocenters. The van der Waals surface area contributed by atoms with Crippen LogP contribution in [0.15, 0.2) is 0 Å². The van der Waals surface area contributed by atoms with Gasteiger partial charge in [-0.25, -0.2) is 5.32 Å². The lowest BCUT2D eigenvalue weighted by molar-refractivity contribution is 0.0599. The summed E-state index contributed by atoms with van der Waals surface area (Å²) in [6.45, 7) is 8.25. The minimum absolute atomic E-state index is 0.725. The van der Waals surface area contributed by atoms with Crippen LogP contribution in [-0.4, -0.2) is 61.7 Å². The van der Waals surface area contributed by atoms with Crippen molar-refractivity contribution < 1.29 is 0 Å². The molecule has 1 radical (unpaired) electrons. The van der Waals surface area contributed by atoms with Crippen LogP contribution in [0.25, 0.3) is 0 Å². The number of hydrogen-bond acceptors (Lipinski definition) is 2. The molecule has 3 nitrogen and oxygen atoms in total. The minimum atomic E-state index is 0.725. The highest BCUT2D eigenvalue weighted by atomic mass is 15.3. The maximum atomic E-state index is 4.42. The van der Waals surface area contributed by atoms with E-state index in [1.165, 1.54) is 32.5 Å². The fourth-order valence-electron chi connectivity index (χ4n) is 2.51. The smallest absolute Gasteiger partial charge is 0.0192 e. The van der Waals surface area contributed by atoms with Gasteiger partial charge in [-0.3, -0.25) is 4.90 Å². The van der Waals surface area contributed by atoms with Crippen molar-refractivity contribution in [1.29, 1.82) is 0 Å². The molecule has 2 rings (SSSR count). The molecule has 2 saturated heterocycles. The minimum Gasteiger partial charge on any atom is -0.301 e. The van der Waals surface area contributed by atoms with E-state index in [1.54, 1.807) is 0 Å². The maximum absolute atomic E-state index is 4.42. The summed E-state index contributed by atoms with van der Waals surface area (Å²) in [5, 5.41) is 4.42. The van der Waals surface area contributed by atoms with Crippen molar-refractivity contribution in [2.24, 2.45) is 0 Å². The van der Waals surface area contributed by atoms with E-state index in [1.807, 2.05) is 0 Å². The summed E-state index contributed by atoms with van der Waals surface area (Å²) in [6, 6.07) is 1.55. The summed E-state index contributed by atoms with van der Waals surface area (Å²) in [5.74, 6) is 0. The Labute approximate surface area is 87.4 Å². The molecule has 2 fully saturated rings. The lowest BCUT2D eigenvalue weighted by Crippen LogP contribution is -2.54. The van der Waals surface area contributed by atoms with Crippen molar-refractivity contribution in [3.8, 4) is 0 Å². The summed E-state index contributed by atoms with van der Waals surface area (Å²) in [6.07, 6.45) is 2.58. The normalized spacial score (nSPS) is 33.4. The molecule has 14 heavy (non-hydrogen) atoms. The highest BCUT2D eigenvalue weighted by Crippen LogP contribution is 2.16. The maximum Gasteiger partial charge on any atom is 0.0192 e. The fourth-order valence-corrected chi connectivity index (χ4v) is 2.51. The van der Waals surface area contributed by atoms with Crippen LogP contribution < -0.4 is 5.32 Å². The molecule has 0 aliphatic carbocycles. The fraction of sp³-hybridized carbons (Fsp3) is 1.00. The first-order valence-corrected chi connectivity index (χ1v) is 5.85. The van der Waals surface area contributed by atoms with E-state index in [0.717, 1.165) is 25.2 Å². The van der Waals surface area contributed by atoms with Crippen LogP contribution in [0, 0.1) is 0 Å². The number of rotatable bonds is 1. The van der Waals surface area contributed by atoms with Crippen LogP contribution in [0.3, 0.4) is 0 Å². The zero-order chi connectivity index (χ0) is 9.97. The van der Waals surface area contributed by atoms with Gasteiger partial charge in [0.25, 0.3) is 0 Å². The third-order valence-corrected chi connectivity index (χ3v) is 3.75. The third kappa shape index (κ3) is 2.27. The molecule has 0 spiro atoms. The standard InChI is InChI=1S/C11H22N3/c1-10-9-14(8-7-13(10)2)11-3-5-12-6-4-11/h10-11H,3-9H2,1-2H3. The van der Waals surface area contributed by atoms with Gasteiger partial charge in [0.2, 0.25) is 0 Å². The highest BCUT2D eigenvalue weighted by molar-refractivity contribution is 4.84. The third-order valence-electron chi connectivity index (χ3n) is 3.75. The molecular formula is C11H22N3. The summed E-state index contributed by atoms with van der Waals surface area (Å²) >= 11 is 0. The zero-order valence-electron chi connectivity index (χ0n) is 9.45. The van der Waals surface area contributed by atoms with E-state index in [9.17, 15) is 0 Å². The van der Waals surface area contributed by atoms with Gasteiger partial charge < -0.3 is 4.90 Å². The second-order valence-electron chi connectivity index (χ2n) is 4.73. The van der Waals surface area contributed by atoms with E-state index >= 15 is 0 Å². The second-order valence-corrected chi connectivity index (χ2v) is 4.73. The molecule has 3 heteroatoms. The van der Waals surface area contributed by atoms with Crippen molar-refractivity contribution in [3.63, 3.8) is 0 Å². The summed E-state index contributed by atoms with van der Waals surface area (Å²) in [4.78, 5) is 5.14. The van der Waals surface area contributed by atoms with E-state index in [-0.39, 0.29) is 0 Å². The van der Waals surface area contributed by atoms with Crippen molar-refractivity contribution >= 4 is 0 Å². The van der Waals surface area contributed by atoms with Gasteiger partial charge in [-0.05, 0) is 26.8 Å². The molecule has 0 aromatic carbocycles. The number of likely N-dealkylation sites (N-methyl/N-ethyl adjacent to an activating group) is 1. The van der Waals surface area contributed by atoms with Crippen LogP contribution in [0.5, 0.6) is 0 Å². The van der Waals surface area contributed by atoms with Crippen LogP contribution in [0.2, 0.25) is 0 Å². The van der Waals surface area contributed by atoms with E-state index in [0.29, 0.717) is 0 Å². The van der Waals surface area contributed by atoms with Crippen molar-refractivity contribution in [3.05, 3.63) is 0 Å². The molecule has 2 aliphatic heterocycles. The quantitative estimate of drug-likeness (QED) is 0.605. The Hall–Kier alpha value is -0.120. The zero-order valence-corrected chi connectivity index (χ0v) is 9.45. The number of piperazine rings is 1. The van der Waals surface area contributed by atoms with Crippen LogP contribution in [-0.2, 0) is 0 Å². The van der Waals surface area contributed by atoms with Gasteiger partial charge in [-0.2, -0.15) is 0 Å². The molecule has 0 amide bonds.